The monoisotopic (exact) mass is 468 g/mol. The first kappa shape index (κ1) is 22.8. The standard InChI is InChI=1S/C23H22F2N6O3/c1-5-20(32)27-15-12-30(2)29-23(15)28-19-7-6-16-14(26-19)8-9-31(16)11-13-21(24)17(33-3)10-18(34-4)22(13)25/h5-10,12H,1,11H2,2-4H3,(H,27,32)(H,26,28,29). The third kappa shape index (κ3) is 4.27. The molecular formula is C23H22F2N6O3. The number of hydrogen-bond acceptors (Lipinski definition) is 6. The Morgan fingerprint density at radius 2 is 1.88 bits per heavy atom. The fraction of sp³-hybridized carbons (Fsp3) is 0.174. The Balaban J connectivity index is 1.64. The van der Waals surface area contributed by atoms with Crippen LogP contribution in [0.2, 0.25) is 0 Å². The second-order valence-corrected chi connectivity index (χ2v) is 7.32. The number of carbonyl (C=O) groups is 1. The topological polar surface area (TPSA) is 95.2 Å². The van der Waals surface area contributed by atoms with E-state index in [-0.39, 0.29) is 29.5 Å². The number of halogens is 2. The molecule has 0 saturated heterocycles. The fourth-order valence-corrected chi connectivity index (χ4v) is 3.50. The van der Waals surface area contributed by atoms with Gasteiger partial charge in [0.25, 0.3) is 0 Å². The van der Waals surface area contributed by atoms with Crippen LogP contribution in [-0.4, -0.2) is 39.5 Å². The number of benzene rings is 1. The zero-order valence-electron chi connectivity index (χ0n) is 18.7. The molecule has 9 nitrogen and oxygen atoms in total. The summed E-state index contributed by atoms with van der Waals surface area (Å²) in [4.78, 5) is 16.2. The molecule has 0 saturated carbocycles. The molecule has 4 aromatic rings. The molecule has 34 heavy (non-hydrogen) atoms. The molecular weight excluding hydrogens is 446 g/mol. The largest absolute Gasteiger partial charge is 0.494 e. The predicted octanol–water partition coefficient (Wildman–Crippen LogP) is 3.98. The van der Waals surface area contributed by atoms with Gasteiger partial charge in [0.1, 0.15) is 11.5 Å². The summed E-state index contributed by atoms with van der Waals surface area (Å²) in [6, 6.07) is 6.37. The van der Waals surface area contributed by atoms with Crippen molar-refractivity contribution in [3.63, 3.8) is 0 Å². The Morgan fingerprint density at radius 1 is 1.18 bits per heavy atom. The Kier molecular flexibility index (Phi) is 6.17. The summed E-state index contributed by atoms with van der Waals surface area (Å²) in [7, 11) is 4.33. The summed E-state index contributed by atoms with van der Waals surface area (Å²) in [5, 5.41) is 10.0. The van der Waals surface area contributed by atoms with Crippen LogP contribution in [0.1, 0.15) is 5.56 Å². The number of methoxy groups -OCH3 is 2. The van der Waals surface area contributed by atoms with E-state index >= 15 is 0 Å². The van der Waals surface area contributed by atoms with Crippen molar-refractivity contribution in [2.24, 2.45) is 7.05 Å². The molecule has 3 aromatic heterocycles. The van der Waals surface area contributed by atoms with Gasteiger partial charge in [-0.2, -0.15) is 5.10 Å². The molecule has 0 aliphatic heterocycles. The van der Waals surface area contributed by atoms with Gasteiger partial charge in [0.05, 0.1) is 43.6 Å². The van der Waals surface area contributed by atoms with Crippen LogP contribution in [0.5, 0.6) is 11.5 Å². The van der Waals surface area contributed by atoms with Crippen molar-refractivity contribution in [1.82, 2.24) is 19.3 Å². The Hall–Kier alpha value is -4.41. The molecule has 4 rings (SSSR count). The highest BCUT2D eigenvalue weighted by Crippen LogP contribution is 2.32. The number of fused-ring (bicyclic) bond motifs is 1. The lowest BCUT2D eigenvalue weighted by Crippen LogP contribution is -2.08. The molecule has 0 spiro atoms. The first-order valence-corrected chi connectivity index (χ1v) is 10.1. The molecule has 11 heteroatoms. The van der Waals surface area contributed by atoms with E-state index in [1.165, 1.54) is 20.3 Å². The average Bonchev–Trinajstić information content (AvgIpc) is 3.38. The number of aryl methyl sites for hydroxylation is 1. The minimum absolute atomic E-state index is 0.0961. The van der Waals surface area contributed by atoms with E-state index in [0.717, 1.165) is 6.08 Å². The maximum absolute atomic E-state index is 14.8. The first-order chi connectivity index (χ1) is 16.3. The SMILES string of the molecule is C=CC(=O)Nc1cn(C)nc1Nc1ccc2c(ccn2Cc2c(F)c(OC)cc(OC)c2F)n1. The van der Waals surface area contributed by atoms with Gasteiger partial charge in [-0.1, -0.05) is 6.58 Å². The zero-order valence-corrected chi connectivity index (χ0v) is 18.7. The normalized spacial score (nSPS) is 10.9. The van der Waals surface area contributed by atoms with Gasteiger partial charge in [-0.3, -0.25) is 9.48 Å². The van der Waals surface area contributed by atoms with Gasteiger partial charge in [0, 0.05) is 19.3 Å². The van der Waals surface area contributed by atoms with Gasteiger partial charge in [-0.05, 0) is 24.3 Å². The van der Waals surface area contributed by atoms with Crippen LogP contribution >= 0.6 is 0 Å². The van der Waals surface area contributed by atoms with Crippen molar-refractivity contribution in [2.45, 2.75) is 6.54 Å². The molecule has 0 fully saturated rings. The third-order valence-electron chi connectivity index (χ3n) is 5.14. The van der Waals surface area contributed by atoms with Crippen molar-refractivity contribution in [3.8, 4) is 11.5 Å². The summed E-state index contributed by atoms with van der Waals surface area (Å²) in [6.07, 6.45) is 4.49. The van der Waals surface area contributed by atoms with Crippen LogP contribution in [0.15, 0.2) is 49.3 Å². The molecule has 1 amide bonds. The maximum atomic E-state index is 14.8. The summed E-state index contributed by atoms with van der Waals surface area (Å²) in [5.74, 6) is -1.30. The predicted molar refractivity (Wildman–Crippen MR) is 124 cm³/mol. The molecule has 176 valence electrons. The number of rotatable bonds is 8. The smallest absolute Gasteiger partial charge is 0.247 e. The lowest BCUT2D eigenvalue weighted by Gasteiger charge is -2.14. The summed E-state index contributed by atoms with van der Waals surface area (Å²) in [6.45, 7) is 3.34. The fourth-order valence-electron chi connectivity index (χ4n) is 3.50. The molecule has 2 N–H and O–H groups in total. The van der Waals surface area contributed by atoms with Crippen molar-refractivity contribution in [3.05, 3.63) is 66.5 Å². The van der Waals surface area contributed by atoms with Crippen molar-refractivity contribution < 1.29 is 23.0 Å². The van der Waals surface area contributed by atoms with Crippen molar-refractivity contribution in [2.75, 3.05) is 24.9 Å². The van der Waals surface area contributed by atoms with E-state index in [4.69, 9.17) is 9.47 Å². The quantitative estimate of drug-likeness (QED) is 0.380. The van der Waals surface area contributed by atoms with Crippen LogP contribution in [0.25, 0.3) is 11.0 Å². The number of anilines is 3. The van der Waals surface area contributed by atoms with Gasteiger partial charge in [-0.15, -0.1) is 0 Å². The summed E-state index contributed by atoms with van der Waals surface area (Å²) < 4.78 is 42.8. The van der Waals surface area contributed by atoms with Crippen LogP contribution in [-0.2, 0) is 18.4 Å². The van der Waals surface area contributed by atoms with Crippen LogP contribution in [0.4, 0.5) is 26.1 Å². The number of nitrogens with one attached hydrogen (secondary N) is 2. The number of hydrogen-bond donors (Lipinski definition) is 2. The lowest BCUT2D eigenvalue weighted by molar-refractivity contribution is -0.111. The van der Waals surface area contributed by atoms with Crippen molar-refractivity contribution in [1.29, 1.82) is 0 Å². The molecule has 3 heterocycles. The highest BCUT2D eigenvalue weighted by atomic mass is 19.1. The average molecular weight is 468 g/mol. The van der Waals surface area contributed by atoms with Gasteiger partial charge < -0.3 is 24.7 Å². The second kappa shape index (κ2) is 9.22. The summed E-state index contributed by atoms with van der Waals surface area (Å²) in [5.41, 5.74) is 1.53. The Bertz CT molecular complexity index is 1370. The van der Waals surface area contributed by atoms with E-state index in [2.05, 4.69) is 27.3 Å². The molecule has 0 radical (unpaired) electrons. The Morgan fingerprint density at radius 3 is 2.53 bits per heavy atom. The number of amides is 1. The van der Waals surface area contributed by atoms with Crippen LogP contribution < -0.4 is 20.1 Å². The number of nitrogens with zero attached hydrogens (tertiary/aromatic N) is 4. The third-order valence-corrected chi connectivity index (χ3v) is 5.14. The molecule has 0 aliphatic carbocycles. The van der Waals surface area contributed by atoms with E-state index in [9.17, 15) is 13.6 Å². The highest BCUT2D eigenvalue weighted by Gasteiger charge is 2.21. The molecule has 0 bridgehead atoms. The zero-order chi connectivity index (χ0) is 24.4. The highest BCUT2D eigenvalue weighted by molar-refractivity contribution is 6.00. The molecule has 0 unspecified atom stereocenters. The number of ether oxygens (including phenoxy) is 2. The van der Waals surface area contributed by atoms with E-state index < -0.39 is 11.6 Å². The van der Waals surface area contributed by atoms with Gasteiger partial charge in [0.2, 0.25) is 5.91 Å². The van der Waals surface area contributed by atoms with Crippen molar-refractivity contribution >= 4 is 34.3 Å². The minimum Gasteiger partial charge on any atom is -0.494 e. The number of aromatic nitrogens is 4. The summed E-state index contributed by atoms with van der Waals surface area (Å²) >= 11 is 0. The van der Waals surface area contributed by atoms with Gasteiger partial charge in [0.15, 0.2) is 29.0 Å². The Labute approximate surface area is 193 Å². The number of carbonyl (C=O) groups excluding carboxylic acids is 1. The maximum Gasteiger partial charge on any atom is 0.247 e. The second-order valence-electron chi connectivity index (χ2n) is 7.32. The van der Waals surface area contributed by atoms with Crippen LogP contribution in [0, 0.1) is 11.6 Å². The molecule has 0 atom stereocenters. The lowest BCUT2D eigenvalue weighted by atomic mass is 10.1. The van der Waals surface area contributed by atoms with E-state index in [1.54, 1.807) is 46.9 Å². The van der Waals surface area contributed by atoms with Gasteiger partial charge in [-0.25, -0.2) is 13.8 Å². The van der Waals surface area contributed by atoms with Crippen LogP contribution in [0.3, 0.4) is 0 Å². The molecule has 0 aliphatic rings. The van der Waals surface area contributed by atoms with Gasteiger partial charge >= 0.3 is 0 Å². The number of pyridine rings is 1. The minimum atomic E-state index is -0.793. The first-order valence-electron chi connectivity index (χ1n) is 10.1. The van der Waals surface area contributed by atoms with E-state index in [1.807, 2.05) is 0 Å². The van der Waals surface area contributed by atoms with E-state index in [0.29, 0.717) is 28.4 Å². The molecule has 1 aromatic carbocycles.